The Balaban J connectivity index is 0.00000280. The normalized spacial score (nSPS) is 18.2. The van der Waals surface area contributed by atoms with Crippen molar-refractivity contribution in [2.75, 3.05) is 46.3 Å². The molecule has 0 unspecified atom stereocenters. The van der Waals surface area contributed by atoms with Crippen molar-refractivity contribution in [3.63, 3.8) is 0 Å². The van der Waals surface area contributed by atoms with Crippen molar-refractivity contribution in [1.82, 2.24) is 20.4 Å². The van der Waals surface area contributed by atoms with Crippen LogP contribution in [0.4, 0.5) is 4.39 Å². The number of carbonyl (C=O) groups is 1. The molecule has 3 rings (SSSR count). The minimum absolute atomic E-state index is 0. The molecular formula is C20H31FIN5O. The van der Waals surface area contributed by atoms with Crippen LogP contribution in [0.2, 0.25) is 0 Å². The second kappa shape index (κ2) is 11.5. The monoisotopic (exact) mass is 503 g/mol. The van der Waals surface area contributed by atoms with Gasteiger partial charge in [-0.05, 0) is 30.5 Å². The number of nitrogens with zero attached hydrogens (tertiary/aromatic N) is 3. The zero-order chi connectivity index (χ0) is 19.1. The van der Waals surface area contributed by atoms with Crippen molar-refractivity contribution < 1.29 is 9.18 Å². The Kier molecular flexibility index (Phi) is 9.43. The van der Waals surface area contributed by atoms with Gasteiger partial charge in [0.25, 0.3) is 0 Å². The molecule has 0 aromatic heterocycles. The Labute approximate surface area is 184 Å². The molecule has 1 aromatic rings. The summed E-state index contributed by atoms with van der Waals surface area (Å²) in [7, 11) is 1.73. The van der Waals surface area contributed by atoms with Crippen LogP contribution in [0, 0.1) is 11.7 Å². The van der Waals surface area contributed by atoms with Crippen LogP contribution in [0.1, 0.15) is 24.8 Å². The molecule has 2 aliphatic rings. The molecule has 2 N–H and O–H groups in total. The zero-order valence-electron chi connectivity index (χ0n) is 16.5. The summed E-state index contributed by atoms with van der Waals surface area (Å²) in [6.07, 6.45) is 3.35. The molecule has 1 saturated carbocycles. The van der Waals surface area contributed by atoms with E-state index in [-0.39, 0.29) is 29.8 Å². The Morgan fingerprint density at radius 3 is 2.57 bits per heavy atom. The lowest BCUT2D eigenvalue weighted by Gasteiger charge is -2.38. The summed E-state index contributed by atoms with van der Waals surface area (Å²) >= 11 is 0. The van der Waals surface area contributed by atoms with Gasteiger partial charge in [-0.2, -0.15) is 0 Å². The van der Waals surface area contributed by atoms with Gasteiger partial charge in [-0.3, -0.25) is 14.7 Å². The molecule has 1 saturated heterocycles. The van der Waals surface area contributed by atoms with Crippen LogP contribution in [0.25, 0.3) is 0 Å². The SMILES string of the molecule is CN=C(NCCN1CCN(C(=O)C2CCC2)CC1)NCc1cccc(F)c1.I. The summed E-state index contributed by atoms with van der Waals surface area (Å²) in [5, 5.41) is 6.49. The maximum Gasteiger partial charge on any atom is 0.225 e. The highest BCUT2D eigenvalue weighted by Crippen LogP contribution is 2.28. The molecule has 0 radical (unpaired) electrons. The number of piperazine rings is 1. The van der Waals surface area contributed by atoms with Crippen LogP contribution in [0.3, 0.4) is 0 Å². The van der Waals surface area contributed by atoms with Crippen molar-refractivity contribution in [3.05, 3.63) is 35.6 Å². The van der Waals surface area contributed by atoms with Crippen LogP contribution >= 0.6 is 24.0 Å². The summed E-state index contributed by atoms with van der Waals surface area (Å²) in [6.45, 7) is 5.74. The Morgan fingerprint density at radius 1 is 1.21 bits per heavy atom. The van der Waals surface area contributed by atoms with E-state index in [0.29, 0.717) is 24.3 Å². The Morgan fingerprint density at radius 2 is 1.96 bits per heavy atom. The first-order chi connectivity index (χ1) is 13.2. The van der Waals surface area contributed by atoms with Gasteiger partial charge < -0.3 is 15.5 Å². The maximum atomic E-state index is 13.2. The number of hydrogen-bond acceptors (Lipinski definition) is 3. The first-order valence-electron chi connectivity index (χ1n) is 9.86. The predicted molar refractivity (Wildman–Crippen MR) is 120 cm³/mol. The lowest BCUT2D eigenvalue weighted by molar-refractivity contribution is -0.139. The second-order valence-electron chi connectivity index (χ2n) is 7.28. The molecule has 6 nitrogen and oxygen atoms in total. The summed E-state index contributed by atoms with van der Waals surface area (Å²) in [4.78, 5) is 20.9. The fourth-order valence-electron chi connectivity index (χ4n) is 3.49. The van der Waals surface area contributed by atoms with Gasteiger partial charge in [0, 0.05) is 58.8 Å². The average Bonchev–Trinajstić information content (AvgIpc) is 2.63. The van der Waals surface area contributed by atoms with Gasteiger partial charge in [0.1, 0.15) is 5.82 Å². The standard InChI is InChI=1S/C20H30FN5O.HI/c1-22-20(24-15-16-4-2-7-18(21)14-16)23-8-9-25-10-12-26(13-11-25)19(27)17-5-3-6-17;/h2,4,7,14,17H,3,5-6,8-13,15H2,1H3,(H2,22,23,24);1H. The van der Waals surface area contributed by atoms with Gasteiger partial charge in [0.05, 0.1) is 0 Å². The molecule has 1 aliphatic heterocycles. The summed E-state index contributed by atoms with van der Waals surface area (Å²) in [5.74, 6) is 1.14. The second-order valence-corrected chi connectivity index (χ2v) is 7.28. The highest BCUT2D eigenvalue weighted by Gasteiger charge is 2.30. The predicted octanol–water partition coefficient (Wildman–Crippen LogP) is 2.05. The van der Waals surface area contributed by atoms with Crippen molar-refractivity contribution in [1.29, 1.82) is 0 Å². The molecule has 0 bridgehead atoms. The van der Waals surface area contributed by atoms with Gasteiger partial charge in [-0.1, -0.05) is 18.6 Å². The van der Waals surface area contributed by atoms with Crippen LogP contribution in [0.5, 0.6) is 0 Å². The lowest BCUT2D eigenvalue weighted by Crippen LogP contribution is -2.52. The molecule has 2 fully saturated rings. The van der Waals surface area contributed by atoms with E-state index in [1.165, 1.54) is 18.6 Å². The van der Waals surface area contributed by atoms with E-state index >= 15 is 0 Å². The minimum atomic E-state index is -0.229. The number of guanidine groups is 1. The highest BCUT2D eigenvalue weighted by atomic mass is 127. The largest absolute Gasteiger partial charge is 0.355 e. The van der Waals surface area contributed by atoms with E-state index < -0.39 is 0 Å². The maximum absolute atomic E-state index is 13.2. The van der Waals surface area contributed by atoms with E-state index in [9.17, 15) is 9.18 Å². The van der Waals surface area contributed by atoms with Gasteiger partial charge in [-0.25, -0.2) is 4.39 Å². The Bertz CT molecular complexity index is 660. The molecule has 156 valence electrons. The first-order valence-corrected chi connectivity index (χ1v) is 9.86. The van der Waals surface area contributed by atoms with Gasteiger partial charge >= 0.3 is 0 Å². The highest BCUT2D eigenvalue weighted by molar-refractivity contribution is 14.0. The number of benzene rings is 1. The number of nitrogens with one attached hydrogen (secondary N) is 2. The lowest BCUT2D eigenvalue weighted by atomic mass is 9.84. The number of aliphatic imine (C=N–C) groups is 1. The summed E-state index contributed by atoms with van der Waals surface area (Å²) < 4.78 is 13.2. The molecule has 1 aromatic carbocycles. The third kappa shape index (κ3) is 6.58. The molecule has 28 heavy (non-hydrogen) atoms. The number of amides is 1. The van der Waals surface area contributed by atoms with Crippen LogP contribution in [-0.2, 0) is 11.3 Å². The molecule has 1 amide bonds. The third-order valence-corrected chi connectivity index (χ3v) is 5.43. The number of halogens is 2. The van der Waals surface area contributed by atoms with E-state index in [0.717, 1.165) is 57.7 Å². The van der Waals surface area contributed by atoms with E-state index in [1.54, 1.807) is 13.1 Å². The molecule has 1 aliphatic carbocycles. The summed E-state index contributed by atoms with van der Waals surface area (Å²) in [5.41, 5.74) is 0.880. The zero-order valence-corrected chi connectivity index (χ0v) is 18.8. The van der Waals surface area contributed by atoms with Gasteiger partial charge in [-0.15, -0.1) is 24.0 Å². The van der Waals surface area contributed by atoms with E-state index in [4.69, 9.17) is 0 Å². The quantitative estimate of drug-likeness (QED) is 0.355. The van der Waals surface area contributed by atoms with Crippen LogP contribution in [-0.4, -0.2) is 68.0 Å². The molecule has 0 atom stereocenters. The average molecular weight is 503 g/mol. The first kappa shape index (κ1) is 22.9. The van der Waals surface area contributed by atoms with Crippen molar-refractivity contribution in [3.8, 4) is 0 Å². The number of hydrogen-bond donors (Lipinski definition) is 2. The number of rotatable bonds is 6. The van der Waals surface area contributed by atoms with Crippen LogP contribution < -0.4 is 10.6 Å². The van der Waals surface area contributed by atoms with Gasteiger partial charge in [0.2, 0.25) is 5.91 Å². The minimum Gasteiger partial charge on any atom is -0.355 e. The molecule has 8 heteroatoms. The molecule has 1 heterocycles. The van der Waals surface area contributed by atoms with Crippen LogP contribution in [0.15, 0.2) is 29.3 Å². The Hall–Kier alpha value is -1.42. The van der Waals surface area contributed by atoms with Crippen molar-refractivity contribution in [2.45, 2.75) is 25.8 Å². The van der Waals surface area contributed by atoms with E-state index in [1.807, 2.05) is 11.0 Å². The third-order valence-electron chi connectivity index (χ3n) is 5.43. The number of carbonyl (C=O) groups excluding carboxylic acids is 1. The van der Waals surface area contributed by atoms with E-state index in [2.05, 4.69) is 20.5 Å². The fourth-order valence-corrected chi connectivity index (χ4v) is 3.49. The van der Waals surface area contributed by atoms with Crippen molar-refractivity contribution in [2.24, 2.45) is 10.9 Å². The fraction of sp³-hybridized carbons (Fsp3) is 0.600. The smallest absolute Gasteiger partial charge is 0.225 e. The molecule has 0 spiro atoms. The summed E-state index contributed by atoms with van der Waals surface area (Å²) in [6, 6.07) is 6.55. The topological polar surface area (TPSA) is 60.0 Å². The van der Waals surface area contributed by atoms with Gasteiger partial charge in [0.15, 0.2) is 5.96 Å². The van der Waals surface area contributed by atoms with Crippen molar-refractivity contribution >= 4 is 35.8 Å². The molecular weight excluding hydrogens is 472 g/mol.